The summed E-state index contributed by atoms with van der Waals surface area (Å²) in [6.45, 7) is 7.70. The molecule has 0 saturated heterocycles. The van der Waals surface area contributed by atoms with Crippen molar-refractivity contribution < 1.29 is 18.4 Å². The molecule has 0 N–H and O–H groups in total. The molecular weight excluding hydrogens is 743 g/mol. The lowest BCUT2D eigenvalue weighted by Crippen LogP contribution is -2.18. The molecule has 0 saturated carbocycles. The second-order valence-corrected chi connectivity index (χ2v) is 17.1. The van der Waals surface area contributed by atoms with Gasteiger partial charge in [0.15, 0.2) is 11.6 Å². The van der Waals surface area contributed by atoms with Crippen LogP contribution in [0.25, 0.3) is 44.2 Å². The molecule has 0 aliphatic heterocycles. The van der Waals surface area contributed by atoms with E-state index < -0.39 is 34.0 Å². The van der Waals surface area contributed by atoms with E-state index in [2.05, 4.69) is 0 Å². The zero-order valence-electron chi connectivity index (χ0n) is 30.1. The summed E-state index contributed by atoms with van der Waals surface area (Å²) in [5.41, 5.74) is 4.29. The van der Waals surface area contributed by atoms with Gasteiger partial charge in [-0.2, -0.15) is 21.0 Å². The van der Waals surface area contributed by atoms with Gasteiger partial charge in [0.25, 0.3) is 0 Å². The molecule has 2 aromatic heterocycles. The van der Waals surface area contributed by atoms with Crippen molar-refractivity contribution in [3.05, 3.63) is 149 Å². The highest BCUT2D eigenvalue weighted by Crippen LogP contribution is 2.61. The molecule has 9 rings (SSSR count). The molecule has 2 heterocycles. The number of rotatable bonds is 2. The summed E-state index contributed by atoms with van der Waals surface area (Å²) in [5.74, 6) is -1.76. The van der Waals surface area contributed by atoms with Crippen molar-refractivity contribution in [2.45, 2.75) is 38.5 Å². The predicted octanol–water partition coefficient (Wildman–Crippen LogP) is 10.9. The maximum atomic E-state index is 16.8. The second-order valence-electron chi connectivity index (χ2n) is 15.0. The monoisotopic (exact) mass is 766 g/mol. The molecule has 3 aromatic carbocycles. The van der Waals surface area contributed by atoms with Crippen molar-refractivity contribution in [2.24, 2.45) is 0 Å². The first-order chi connectivity index (χ1) is 26.8. The van der Waals surface area contributed by atoms with Crippen LogP contribution in [0.5, 0.6) is 0 Å². The third-order valence-corrected chi connectivity index (χ3v) is 13.7. The zero-order valence-corrected chi connectivity index (χ0v) is 31.7. The lowest BCUT2D eigenvalue weighted by molar-refractivity contribution is 0.103. The van der Waals surface area contributed by atoms with Crippen LogP contribution in [0.4, 0.5) is 8.78 Å². The van der Waals surface area contributed by atoms with Crippen LogP contribution in [0, 0.1) is 57.0 Å². The van der Waals surface area contributed by atoms with E-state index >= 15 is 8.78 Å². The van der Waals surface area contributed by atoms with Crippen LogP contribution >= 0.6 is 22.7 Å². The average Bonchev–Trinajstić information content (AvgIpc) is 3.96. The van der Waals surface area contributed by atoms with Gasteiger partial charge in [0.2, 0.25) is 0 Å². The van der Waals surface area contributed by atoms with Crippen molar-refractivity contribution in [3.63, 3.8) is 0 Å². The van der Waals surface area contributed by atoms with Gasteiger partial charge in [-0.1, -0.05) is 76.2 Å². The van der Waals surface area contributed by atoms with Crippen molar-refractivity contribution >= 4 is 57.5 Å². The highest BCUT2D eigenvalue weighted by Gasteiger charge is 2.47. The number of allylic oxidation sites excluding steroid dienone is 6. The molecule has 0 spiro atoms. The van der Waals surface area contributed by atoms with E-state index in [4.69, 9.17) is 0 Å². The van der Waals surface area contributed by atoms with Crippen LogP contribution < -0.4 is 0 Å². The largest absolute Gasteiger partial charge is 0.289 e. The number of halogens is 2. The van der Waals surface area contributed by atoms with Crippen LogP contribution in [0.3, 0.4) is 0 Å². The van der Waals surface area contributed by atoms with Crippen molar-refractivity contribution in [3.8, 4) is 45.2 Å². The van der Waals surface area contributed by atoms with Crippen LogP contribution in [-0.2, 0) is 10.8 Å². The fraction of sp³-hybridized carbons (Fsp3) is 0.130. The Kier molecular flexibility index (Phi) is 7.38. The van der Waals surface area contributed by atoms with E-state index in [1.54, 1.807) is 48.5 Å². The number of carbonyl (C=O) groups is 2. The first kappa shape index (κ1) is 34.9. The molecule has 0 fully saturated rings. The molecule has 4 aliphatic rings. The van der Waals surface area contributed by atoms with Gasteiger partial charge in [0, 0.05) is 65.1 Å². The molecule has 0 bridgehead atoms. The van der Waals surface area contributed by atoms with E-state index in [9.17, 15) is 30.6 Å². The Hall–Kier alpha value is -6.82. The third kappa shape index (κ3) is 4.40. The number of hydrogen-bond acceptors (Lipinski definition) is 8. The van der Waals surface area contributed by atoms with Crippen LogP contribution in [0.2, 0.25) is 0 Å². The molecule has 6 nitrogen and oxygen atoms in total. The fourth-order valence-electron chi connectivity index (χ4n) is 8.77. The zero-order chi connectivity index (χ0) is 39.6. The minimum atomic E-state index is -0.830. The SMILES string of the molecule is CC1(C)c2cc3c(cc2-c2sc(C=C4C(=O)c5ccccc5C4=C(C#N)C#N)c(F)c21)C(C)(C)c1c-3sc(C=C2C(=O)c3ccccc3C2=C(C#N)C#N)c1F. The van der Waals surface area contributed by atoms with Gasteiger partial charge >= 0.3 is 0 Å². The minimum absolute atomic E-state index is 0.0872. The van der Waals surface area contributed by atoms with Crippen LogP contribution in [-0.4, -0.2) is 11.6 Å². The molecule has 0 radical (unpaired) electrons. The number of thiophene rings is 2. The van der Waals surface area contributed by atoms with E-state index in [1.807, 2.05) is 64.1 Å². The Morgan fingerprint density at radius 2 is 0.911 bits per heavy atom. The molecule has 266 valence electrons. The van der Waals surface area contributed by atoms with Crippen LogP contribution in [0.1, 0.15) is 91.5 Å². The highest BCUT2D eigenvalue weighted by molar-refractivity contribution is 7.17. The number of carbonyl (C=O) groups excluding carboxylic acids is 2. The molecule has 56 heavy (non-hydrogen) atoms. The van der Waals surface area contributed by atoms with E-state index in [0.29, 0.717) is 43.1 Å². The lowest BCUT2D eigenvalue weighted by atomic mass is 9.79. The van der Waals surface area contributed by atoms with Gasteiger partial charge in [-0.05, 0) is 57.7 Å². The van der Waals surface area contributed by atoms with Gasteiger partial charge < -0.3 is 0 Å². The minimum Gasteiger partial charge on any atom is -0.289 e. The number of hydrogen-bond donors (Lipinski definition) is 0. The standard InChI is InChI=1S/C46H24F2N4O2S2/c1-45(2)31-13-28-32(14-27(31)43-37(45)39(47)33(55-43)15-29-35(21(17-49)18-50)23-9-5-7-11-25(23)41(29)53)46(3,4)38-40(48)34(56-44(28)38)16-30-36(22(19-51)20-52)24-10-6-8-12-26(24)42(30)54/h5-16H,1-4H3. The fourth-order valence-corrected chi connectivity index (χ4v) is 11.4. The number of fused-ring (bicyclic) bond motifs is 8. The first-order valence-electron chi connectivity index (χ1n) is 17.5. The van der Waals surface area contributed by atoms with Gasteiger partial charge in [-0.15, -0.1) is 22.7 Å². The van der Waals surface area contributed by atoms with E-state index in [0.717, 1.165) is 22.3 Å². The lowest BCUT2D eigenvalue weighted by Gasteiger charge is -2.24. The van der Waals surface area contributed by atoms with E-state index in [1.165, 1.54) is 34.8 Å². The summed E-state index contributed by atoms with van der Waals surface area (Å²) in [6, 6.07) is 25.0. The van der Waals surface area contributed by atoms with Crippen molar-refractivity contribution in [1.82, 2.24) is 0 Å². The molecular formula is C46H24F2N4O2S2. The first-order valence-corrected chi connectivity index (χ1v) is 19.1. The Bertz CT molecular complexity index is 2840. The number of ketones is 2. The normalized spacial score (nSPS) is 17.4. The van der Waals surface area contributed by atoms with E-state index in [-0.39, 0.29) is 43.2 Å². The smallest absolute Gasteiger partial charge is 0.194 e. The maximum absolute atomic E-state index is 16.8. The van der Waals surface area contributed by atoms with Crippen molar-refractivity contribution in [1.29, 1.82) is 21.0 Å². The third-order valence-electron chi connectivity index (χ3n) is 11.4. The van der Waals surface area contributed by atoms with Gasteiger partial charge in [0.05, 0.1) is 9.75 Å². The Balaban J connectivity index is 1.18. The molecule has 10 heteroatoms. The number of nitrogens with zero attached hydrogens (tertiary/aromatic N) is 4. The topological polar surface area (TPSA) is 129 Å². The summed E-state index contributed by atoms with van der Waals surface area (Å²) < 4.78 is 33.6. The maximum Gasteiger partial charge on any atom is 0.194 e. The Labute approximate surface area is 328 Å². The summed E-state index contributed by atoms with van der Waals surface area (Å²) in [6.07, 6.45) is 2.90. The Morgan fingerprint density at radius 1 is 0.571 bits per heavy atom. The Morgan fingerprint density at radius 3 is 1.25 bits per heavy atom. The highest BCUT2D eigenvalue weighted by atomic mass is 32.1. The quantitative estimate of drug-likeness (QED) is 0.130. The number of Topliss-reactive ketones (excluding diaryl/α,β-unsaturated/α-hetero) is 2. The number of nitriles is 4. The van der Waals surface area contributed by atoms with Gasteiger partial charge in [-0.3, -0.25) is 9.59 Å². The number of benzene rings is 3. The second kappa shape index (κ2) is 11.8. The van der Waals surface area contributed by atoms with Gasteiger partial charge in [0.1, 0.15) is 47.1 Å². The van der Waals surface area contributed by atoms with Crippen LogP contribution in [0.15, 0.2) is 83.0 Å². The molecule has 0 atom stereocenters. The summed E-state index contributed by atoms with van der Waals surface area (Å²) in [4.78, 5) is 29.0. The molecule has 0 unspecified atom stereocenters. The molecule has 0 amide bonds. The van der Waals surface area contributed by atoms with Gasteiger partial charge in [-0.25, -0.2) is 8.78 Å². The van der Waals surface area contributed by atoms with Crippen molar-refractivity contribution in [2.75, 3.05) is 0 Å². The summed E-state index contributed by atoms with van der Waals surface area (Å²) >= 11 is 2.39. The summed E-state index contributed by atoms with van der Waals surface area (Å²) in [5, 5.41) is 39.1. The molecule has 4 aliphatic carbocycles. The summed E-state index contributed by atoms with van der Waals surface area (Å²) in [7, 11) is 0. The molecule has 5 aromatic rings. The average molecular weight is 767 g/mol. The predicted molar refractivity (Wildman–Crippen MR) is 211 cm³/mol.